The lowest BCUT2D eigenvalue weighted by Gasteiger charge is -2.23. The van der Waals surface area contributed by atoms with Crippen LogP contribution in [-0.4, -0.2) is 46.2 Å². The summed E-state index contributed by atoms with van der Waals surface area (Å²) in [4.78, 5) is 0. The van der Waals surface area contributed by atoms with Gasteiger partial charge in [-0.15, -0.1) is 0 Å². The van der Waals surface area contributed by atoms with E-state index in [4.69, 9.17) is 4.74 Å². The van der Waals surface area contributed by atoms with Gasteiger partial charge in [-0.2, -0.15) is 0 Å². The first kappa shape index (κ1) is 17.9. The Bertz CT molecular complexity index is 354. The van der Waals surface area contributed by atoms with E-state index in [9.17, 15) is 8.42 Å². The van der Waals surface area contributed by atoms with E-state index in [-0.39, 0.29) is 0 Å². The quantitative estimate of drug-likeness (QED) is 0.628. The molecule has 1 aliphatic rings. The Balaban J connectivity index is 2.41. The normalized spacial score (nSPS) is 23.3. The minimum Gasteiger partial charge on any atom is -0.381 e. The van der Waals surface area contributed by atoms with Gasteiger partial charge in [-0.1, -0.05) is 20.8 Å². The van der Waals surface area contributed by atoms with Crippen LogP contribution >= 0.6 is 0 Å². The monoisotopic (exact) mass is 305 g/mol. The van der Waals surface area contributed by atoms with E-state index in [1.807, 2.05) is 0 Å². The number of ether oxygens (including phenoxy) is 1. The van der Waals surface area contributed by atoms with E-state index in [0.717, 1.165) is 45.6 Å². The van der Waals surface area contributed by atoms with Crippen LogP contribution in [0.4, 0.5) is 0 Å². The summed E-state index contributed by atoms with van der Waals surface area (Å²) in [5.41, 5.74) is 0. The largest absolute Gasteiger partial charge is 0.381 e. The molecular formula is C15H31NO3S. The Morgan fingerprint density at radius 3 is 2.55 bits per heavy atom. The van der Waals surface area contributed by atoms with Crippen LogP contribution in [-0.2, 0) is 14.6 Å². The van der Waals surface area contributed by atoms with Crippen LogP contribution in [0.25, 0.3) is 0 Å². The zero-order valence-corrected chi connectivity index (χ0v) is 14.0. The van der Waals surface area contributed by atoms with Crippen LogP contribution in [0, 0.1) is 17.8 Å². The molecule has 20 heavy (non-hydrogen) atoms. The molecule has 2 atom stereocenters. The zero-order valence-electron chi connectivity index (χ0n) is 13.2. The van der Waals surface area contributed by atoms with Crippen LogP contribution in [0.1, 0.15) is 40.0 Å². The van der Waals surface area contributed by atoms with Gasteiger partial charge in [0.25, 0.3) is 0 Å². The Labute approximate surface area is 124 Å². The third-order valence-corrected chi connectivity index (χ3v) is 5.67. The van der Waals surface area contributed by atoms with E-state index in [2.05, 4.69) is 26.1 Å². The highest BCUT2D eigenvalue weighted by Gasteiger charge is 2.33. The molecule has 5 heteroatoms. The molecule has 4 nitrogen and oxygen atoms in total. The molecule has 0 aromatic heterocycles. The average Bonchev–Trinajstić information content (AvgIpc) is 2.72. The predicted octanol–water partition coefficient (Wildman–Crippen LogP) is 2.10. The van der Waals surface area contributed by atoms with Crippen LogP contribution in [0.5, 0.6) is 0 Å². The van der Waals surface area contributed by atoms with Crippen molar-refractivity contribution in [3.05, 3.63) is 0 Å². The van der Waals surface area contributed by atoms with E-state index in [1.54, 1.807) is 0 Å². The first-order valence-electron chi connectivity index (χ1n) is 7.93. The molecule has 1 N–H and O–H groups in total. The van der Waals surface area contributed by atoms with Crippen LogP contribution in [0.3, 0.4) is 0 Å². The van der Waals surface area contributed by atoms with E-state index < -0.39 is 9.84 Å². The van der Waals surface area contributed by atoms with Crippen molar-refractivity contribution in [2.75, 3.05) is 37.8 Å². The van der Waals surface area contributed by atoms with Crippen LogP contribution in [0.2, 0.25) is 0 Å². The van der Waals surface area contributed by atoms with Gasteiger partial charge < -0.3 is 10.1 Å². The third-order valence-electron chi connectivity index (χ3n) is 3.87. The summed E-state index contributed by atoms with van der Waals surface area (Å²) in [5.74, 6) is 2.09. The first-order valence-corrected chi connectivity index (χ1v) is 9.75. The number of hydrogen-bond acceptors (Lipinski definition) is 4. The summed E-state index contributed by atoms with van der Waals surface area (Å²) in [6.45, 7) is 9.93. The van der Waals surface area contributed by atoms with E-state index in [0.29, 0.717) is 29.3 Å². The Morgan fingerprint density at radius 2 is 2.00 bits per heavy atom. The van der Waals surface area contributed by atoms with Gasteiger partial charge in [-0.05, 0) is 50.1 Å². The second-order valence-corrected chi connectivity index (χ2v) is 8.61. The molecule has 0 aliphatic carbocycles. The molecule has 1 aliphatic heterocycles. The molecular weight excluding hydrogens is 274 g/mol. The van der Waals surface area contributed by atoms with E-state index in [1.165, 1.54) is 0 Å². The lowest BCUT2D eigenvalue weighted by molar-refractivity contribution is 0.112. The van der Waals surface area contributed by atoms with Crippen molar-refractivity contribution >= 4 is 9.84 Å². The summed E-state index contributed by atoms with van der Waals surface area (Å²) in [5, 5.41) is 3.48. The second kappa shape index (κ2) is 9.00. The van der Waals surface area contributed by atoms with Crippen molar-refractivity contribution in [2.45, 2.75) is 40.0 Å². The molecule has 0 amide bonds. The molecule has 0 radical (unpaired) electrons. The minimum absolute atomic E-state index is 0.310. The summed E-state index contributed by atoms with van der Waals surface area (Å²) in [6.07, 6.45) is 2.82. The van der Waals surface area contributed by atoms with Gasteiger partial charge in [0.15, 0.2) is 9.84 Å². The molecule has 0 aromatic rings. The molecule has 0 spiro atoms. The SMILES string of the molecule is CCCOCCC(CNCC(C)C)C1CCS(=O)(=O)C1. The van der Waals surface area contributed by atoms with Crippen molar-refractivity contribution in [3.8, 4) is 0 Å². The molecule has 0 aromatic carbocycles. The smallest absolute Gasteiger partial charge is 0.150 e. The van der Waals surface area contributed by atoms with Crippen molar-refractivity contribution < 1.29 is 13.2 Å². The topological polar surface area (TPSA) is 55.4 Å². The fraction of sp³-hybridized carbons (Fsp3) is 1.00. The van der Waals surface area contributed by atoms with E-state index >= 15 is 0 Å². The first-order chi connectivity index (χ1) is 9.44. The van der Waals surface area contributed by atoms with Gasteiger partial charge in [0.2, 0.25) is 0 Å². The Morgan fingerprint density at radius 1 is 1.25 bits per heavy atom. The van der Waals surface area contributed by atoms with Crippen molar-refractivity contribution in [1.29, 1.82) is 0 Å². The van der Waals surface area contributed by atoms with Crippen molar-refractivity contribution in [3.63, 3.8) is 0 Å². The number of sulfone groups is 1. The second-order valence-electron chi connectivity index (χ2n) is 6.38. The molecule has 120 valence electrons. The average molecular weight is 305 g/mol. The molecule has 1 rings (SSSR count). The molecule has 1 heterocycles. The summed E-state index contributed by atoms with van der Waals surface area (Å²) >= 11 is 0. The molecule has 0 saturated carbocycles. The maximum Gasteiger partial charge on any atom is 0.150 e. The third kappa shape index (κ3) is 7.04. The van der Waals surface area contributed by atoms with Crippen LogP contribution in [0.15, 0.2) is 0 Å². The van der Waals surface area contributed by atoms with Crippen molar-refractivity contribution in [2.24, 2.45) is 17.8 Å². The highest BCUT2D eigenvalue weighted by molar-refractivity contribution is 7.91. The molecule has 2 unspecified atom stereocenters. The Kier molecular flexibility index (Phi) is 8.07. The molecule has 1 fully saturated rings. The maximum atomic E-state index is 11.7. The van der Waals surface area contributed by atoms with Gasteiger partial charge in [-0.25, -0.2) is 8.42 Å². The highest BCUT2D eigenvalue weighted by atomic mass is 32.2. The minimum atomic E-state index is -2.79. The predicted molar refractivity (Wildman–Crippen MR) is 83.7 cm³/mol. The fourth-order valence-corrected chi connectivity index (χ4v) is 4.66. The summed E-state index contributed by atoms with van der Waals surface area (Å²) in [6, 6.07) is 0. The maximum absolute atomic E-state index is 11.7. The van der Waals surface area contributed by atoms with Gasteiger partial charge in [0.05, 0.1) is 11.5 Å². The van der Waals surface area contributed by atoms with Crippen LogP contribution < -0.4 is 5.32 Å². The fourth-order valence-electron chi connectivity index (χ4n) is 2.74. The number of nitrogens with one attached hydrogen (secondary N) is 1. The van der Waals surface area contributed by atoms with Gasteiger partial charge in [0, 0.05) is 13.2 Å². The highest BCUT2D eigenvalue weighted by Crippen LogP contribution is 2.28. The molecule has 0 bridgehead atoms. The number of rotatable bonds is 10. The Hall–Kier alpha value is -0.130. The number of hydrogen-bond donors (Lipinski definition) is 1. The summed E-state index contributed by atoms with van der Waals surface area (Å²) in [7, 11) is -2.79. The van der Waals surface area contributed by atoms with Gasteiger partial charge in [-0.3, -0.25) is 0 Å². The van der Waals surface area contributed by atoms with Gasteiger partial charge in [0.1, 0.15) is 0 Å². The van der Waals surface area contributed by atoms with Gasteiger partial charge >= 0.3 is 0 Å². The lowest BCUT2D eigenvalue weighted by Crippen LogP contribution is -2.32. The molecule has 1 saturated heterocycles. The zero-order chi connectivity index (χ0) is 15.0. The van der Waals surface area contributed by atoms with Crippen molar-refractivity contribution in [1.82, 2.24) is 5.32 Å². The standard InChI is InChI=1S/C15H31NO3S/c1-4-7-19-8-5-14(11-16-10-13(2)3)15-6-9-20(17,18)12-15/h13-16H,4-12H2,1-3H3. The lowest BCUT2D eigenvalue weighted by atomic mass is 9.89. The summed E-state index contributed by atoms with van der Waals surface area (Å²) < 4.78 is 28.9.